The van der Waals surface area contributed by atoms with Crippen LogP contribution in [-0.4, -0.2) is 0 Å². The maximum atomic E-state index is 4.31. The molecule has 0 saturated heterocycles. The molecule has 0 atom stereocenters. The largest absolute Gasteiger partial charge is 0.261 e. The quantitative estimate of drug-likeness (QED) is 0.719. The summed E-state index contributed by atoms with van der Waals surface area (Å²) in [5.74, 6) is 0. The Bertz CT molecular complexity index is 427. The predicted octanol–water partition coefficient (Wildman–Crippen LogP) is 3.89. The first-order valence-electron chi connectivity index (χ1n) is 5.99. The van der Waals surface area contributed by atoms with Crippen LogP contribution < -0.4 is 5.32 Å². The van der Waals surface area contributed by atoms with Gasteiger partial charge in [-0.1, -0.05) is 37.6 Å². The summed E-state index contributed by atoms with van der Waals surface area (Å²) >= 11 is 0. The normalized spacial score (nSPS) is 14.4. The number of nitrogens with zero attached hydrogens (tertiary/aromatic N) is 1. The maximum absolute atomic E-state index is 4.31. The minimum atomic E-state index is 1.13. The summed E-state index contributed by atoms with van der Waals surface area (Å²) in [4.78, 5) is 0. The van der Waals surface area contributed by atoms with Crippen LogP contribution in [0.1, 0.15) is 37.8 Å². The molecule has 1 heterocycles. The van der Waals surface area contributed by atoms with Gasteiger partial charge < -0.3 is 0 Å². The molecule has 1 heteroatoms. The summed E-state index contributed by atoms with van der Waals surface area (Å²) in [7, 11) is 0. The SMILES string of the molecule is CCCCc1ccccc1C1=C(C)[N]C=C1. The zero-order chi connectivity index (χ0) is 11.4. The Hall–Kier alpha value is -1.50. The molecule has 1 aliphatic heterocycles. The van der Waals surface area contributed by atoms with Gasteiger partial charge in [0.2, 0.25) is 0 Å². The maximum Gasteiger partial charge on any atom is 0.0451 e. The molecular formula is C15H18N. The third kappa shape index (κ3) is 2.19. The summed E-state index contributed by atoms with van der Waals surface area (Å²) in [6, 6.07) is 8.67. The summed E-state index contributed by atoms with van der Waals surface area (Å²) in [6.45, 7) is 4.31. The molecule has 0 fully saturated rings. The summed E-state index contributed by atoms with van der Waals surface area (Å²) < 4.78 is 0. The van der Waals surface area contributed by atoms with Crippen LogP contribution in [0.5, 0.6) is 0 Å². The zero-order valence-electron chi connectivity index (χ0n) is 10.0. The lowest BCUT2D eigenvalue weighted by molar-refractivity contribution is 0.793. The molecule has 1 radical (unpaired) electrons. The fourth-order valence-corrected chi connectivity index (χ4v) is 2.07. The van der Waals surface area contributed by atoms with Crippen LogP contribution in [0.2, 0.25) is 0 Å². The van der Waals surface area contributed by atoms with Crippen LogP contribution in [0.15, 0.2) is 42.2 Å². The molecule has 0 unspecified atom stereocenters. The van der Waals surface area contributed by atoms with Crippen LogP contribution >= 0.6 is 0 Å². The summed E-state index contributed by atoms with van der Waals surface area (Å²) in [6.07, 6.45) is 7.66. The van der Waals surface area contributed by atoms with Crippen molar-refractivity contribution < 1.29 is 0 Å². The third-order valence-electron chi connectivity index (χ3n) is 3.01. The zero-order valence-corrected chi connectivity index (χ0v) is 10.0. The van der Waals surface area contributed by atoms with Crippen molar-refractivity contribution in [3.63, 3.8) is 0 Å². The minimum absolute atomic E-state index is 1.13. The van der Waals surface area contributed by atoms with Crippen molar-refractivity contribution in [2.45, 2.75) is 33.1 Å². The van der Waals surface area contributed by atoms with Crippen LogP contribution in [-0.2, 0) is 6.42 Å². The molecule has 2 rings (SSSR count). The van der Waals surface area contributed by atoms with Gasteiger partial charge in [0.15, 0.2) is 0 Å². The Morgan fingerprint density at radius 3 is 2.69 bits per heavy atom. The van der Waals surface area contributed by atoms with Crippen LogP contribution in [0, 0.1) is 0 Å². The lowest BCUT2D eigenvalue weighted by atomic mass is 9.96. The van der Waals surface area contributed by atoms with E-state index in [1.165, 1.54) is 29.5 Å². The first kappa shape index (κ1) is 11.0. The molecular weight excluding hydrogens is 194 g/mol. The van der Waals surface area contributed by atoms with E-state index in [-0.39, 0.29) is 0 Å². The fraction of sp³-hybridized carbons (Fsp3) is 0.333. The van der Waals surface area contributed by atoms with Crippen LogP contribution in [0.4, 0.5) is 0 Å². The van der Waals surface area contributed by atoms with Gasteiger partial charge in [0, 0.05) is 17.5 Å². The molecule has 0 spiro atoms. The van der Waals surface area contributed by atoms with E-state index >= 15 is 0 Å². The van der Waals surface area contributed by atoms with Gasteiger partial charge >= 0.3 is 0 Å². The molecule has 1 aliphatic rings. The third-order valence-corrected chi connectivity index (χ3v) is 3.01. The molecule has 1 aromatic rings. The Labute approximate surface area is 97.9 Å². The van der Waals surface area contributed by atoms with E-state index in [9.17, 15) is 0 Å². The highest BCUT2D eigenvalue weighted by Gasteiger charge is 2.11. The van der Waals surface area contributed by atoms with Gasteiger partial charge in [0.25, 0.3) is 0 Å². The Kier molecular flexibility index (Phi) is 3.45. The molecule has 0 N–H and O–H groups in total. The van der Waals surface area contributed by atoms with Crippen LogP contribution in [0.25, 0.3) is 5.57 Å². The van der Waals surface area contributed by atoms with Gasteiger partial charge in [-0.3, -0.25) is 5.32 Å². The second kappa shape index (κ2) is 5.02. The molecule has 0 aromatic heterocycles. The van der Waals surface area contributed by atoms with E-state index in [0.29, 0.717) is 0 Å². The number of rotatable bonds is 4. The lowest BCUT2D eigenvalue weighted by Crippen LogP contribution is -1.94. The van der Waals surface area contributed by atoms with Crippen LogP contribution in [0.3, 0.4) is 0 Å². The highest BCUT2D eigenvalue weighted by molar-refractivity contribution is 5.79. The molecule has 0 aliphatic carbocycles. The van der Waals surface area contributed by atoms with Crippen molar-refractivity contribution in [2.24, 2.45) is 0 Å². The molecule has 0 saturated carbocycles. The summed E-state index contributed by atoms with van der Waals surface area (Å²) in [5.41, 5.74) is 5.21. The standard InChI is InChI=1S/C15H18N/c1-3-4-7-13-8-5-6-9-15(13)14-10-11-16-12(14)2/h5-6,8-11H,3-4,7H2,1-2H3. The second-order valence-electron chi connectivity index (χ2n) is 4.20. The molecule has 1 nitrogen and oxygen atoms in total. The average molecular weight is 212 g/mol. The molecule has 0 amide bonds. The molecule has 16 heavy (non-hydrogen) atoms. The van der Waals surface area contributed by atoms with E-state index < -0.39 is 0 Å². The topological polar surface area (TPSA) is 14.1 Å². The van der Waals surface area contributed by atoms with Gasteiger partial charge in [-0.25, -0.2) is 0 Å². The van der Waals surface area contributed by atoms with Crippen molar-refractivity contribution in [1.82, 2.24) is 5.32 Å². The highest BCUT2D eigenvalue weighted by Crippen LogP contribution is 2.27. The average Bonchev–Trinajstić information content (AvgIpc) is 2.73. The van der Waals surface area contributed by atoms with Gasteiger partial charge in [-0.15, -0.1) is 0 Å². The Morgan fingerprint density at radius 1 is 1.19 bits per heavy atom. The van der Waals surface area contributed by atoms with Gasteiger partial charge in [-0.2, -0.15) is 0 Å². The molecule has 83 valence electrons. The number of aryl methyl sites for hydroxylation is 1. The number of hydrogen-bond donors (Lipinski definition) is 0. The van der Waals surface area contributed by atoms with Crippen molar-refractivity contribution in [1.29, 1.82) is 0 Å². The smallest absolute Gasteiger partial charge is 0.0451 e. The number of hydrogen-bond acceptors (Lipinski definition) is 0. The number of benzene rings is 1. The number of allylic oxidation sites excluding steroid dienone is 3. The minimum Gasteiger partial charge on any atom is -0.261 e. The van der Waals surface area contributed by atoms with E-state index in [1.54, 1.807) is 0 Å². The monoisotopic (exact) mass is 212 g/mol. The van der Waals surface area contributed by atoms with E-state index in [0.717, 1.165) is 12.1 Å². The van der Waals surface area contributed by atoms with E-state index in [2.05, 4.69) is 49.5 Å². The fourth-order valence-electron chi connectivity index (χ4n) is 2.07. The Balaban J connectivity index is 2.33. The van der Waals surface area contributed by atoms with Gasteiger partial charge in [-0.05, 0) is 37.0 Å². The predicted molar refractivity (Wildman–Crippen MR) is 68.9 cm³/mol. The van der Waals surface area contributed by atoms with Crippen molar-refractivity contribution in [3.8, 4) is 0 Å². The van der Waals surface area contributed by atoms with Gasteiger partial charge in [0.1, 0.15) is 0 Å². The lowest BCUT2D eigenvalue weighted by Gasteiger charge is -2.09. The summed E-state index contributed by atoms with van der Waals surface area (Å²) in [5, 5.41) is 4.31. The second-order valence-corrected chi connectivity index (χ2v) is 4.20. The number of unbranched alkanes of at least 4 members (excludes halogenated alkanes) is 1. The van der Waals surface area contributed by atoms with Gasteiger partial charge in [0.05, 0.1) is 0 Å². The van der Waals surface area contributed by atoms with Crippen molar-refractivity contribution in [3.05, 3.63) is 53.4 Å². The highest BCUT2D eigenvalue weighted by atomic mass is 14.9. The van der Waals surface area contributed by atoms with Crippen molar-refractivity contribution >= 4 is 5.57 Å². The molecule has 0 bridgehead atoms. The van der Waals surface area contributed by atoms with Crippen molar-refractivity contribution in [2.75, 3.05) is 0 Å². The van der Waals surface area contributed by atoms with E-state index in [1.807, 2.05) is 6.20 Å². The first-order valence-corrected chi connectivity index (χ1v) is 5.99. The first-order chi connectivity index (χ1) is 7.83. The van der Waals surface area contributed by atoms with E-state index in [4.69, 9.17) is 0 Å². The molecule has 1 aromatic carbocycles. The Morgan fingerprint density at radius 2 is 2.00 bits per heavy atom.